The second-order valence-electron chi connectivity index (χ2n) is 7.86. The van der Waals surface area contributed by atoms with Gasteiger partial charge in [0.15, 0.2) is 9.84 Å². The predicted molar refractivity (Wildman–Crippen MR) is 135 cm³/mol. The fraction of sp³-hybridized carbons (Fsp3) is 0.154. The second kappa shape index (κ2) is 9.87. The molecule has 6 nitrogen and oxygen atoms in total. The first-order valence-corrected chi connectivity index (χ1v) is 13.4. The maximum atomic E-state index is 12.8. The van der Waals surface area contributed by atoms with Crippen molar-refractivity contribution in [3.63, 3.8) is 0 Å². The van der Waals surface area contributed by atoms with Crippen molar-refractivity contribution in [2.24, 2.45) is 0 Å². The number of anilines is 1. The number of nitrogens with one attached hydrogen (secondary N) is 1. The molecule has 0 aliphatic heterocycles. The van der Waals surface area contributed by atoms with Gasteiger partial charge in [-0.1, -0.05) is 23.8 Å². The summed E-state index contributed by atoms with van der Waals surface area (Å²) in [7, 11) is -3.55. The Balaban J connectivity index is 1.49. The fourth-order valence-electron chi connectivity index (χ4n) is 3.36. The lowest BCUT2D eigenvalue weighted by molar-refractivity contribution is 0.102. The van der Waals surface area contributed by atoms with Crippen LogP contribution in [-0.4, -0.2) is 25.6 Å². The van der Waals surface area contributed by atoms with E-state index in [0.717, 1.165) is 16.1 Å². The first-order valence-electron chi connectivity index (χ1n) is 10.6. The Kier molecular flexibility index (Phi) is 6.90. The van der Waals surface area contributed by atoms with Crippen molar-refractivity contribution in [2.75, 3.05) is 11.6 Å². The lowest BCUT2D eigenvalue weighted by Gasteiger charge is -2.07. The molecule has 3 aromatic carbocycles. The van der Waals surface area contributed by atoms with Gasteiger partial charge in [0.1, 0.15) is 11.5 Å². The molecular weight excluding hydrogens is 468 g/mol. The standard InChI is InChI=1S/C26H24N2O4S2/c1-17-7-13-23(14-8-17)34(30,31)16-24-18(2)32-26(28-24)20-11-9-19(10-12-20)25(29)27-21-5-4-6-22(15-21)33-3/h4-15H,16H2,1-3H3,(H,27,29). The first-order chi connectivity index (χ1) is 16.2. The molecule has 8 heteroatoms. The normalized spacial score (nSPS) is 11.4. The lowest BCUT2D eigenvalue weighted by atomic mass is 10.1. The maximum absolute atomic E-state index is 12.8. The van der Waals surface area contributed by atoms with E-state index in [1.165, 1.54) is 0 Å². The number of nitrogens with zero attached hydrogens (tertiary/aromatic N) is 1. The summed E-state index contributed by atoms with van der Waals surface area (Å²) in [6.45, 7) is 3.60. The van der Waals surface area contributed by atoms with Crippen molar-refractivity contribution in [3.05, 3.63) is 95.4 Å². The van der Waals surface area contributed by atoms with Gasteiger partial charge < -0.3 is 9.73 Å². The van der Waals surface area contributed by atoms with Gasteiger partial charge in [-0.2, -0.15) is 0 Å². The van der Waals surface area contributed by atoms with Crippen LogP contribution in [-0.2, 0) is 15.6 Å². The number of hydrogen-bond donors (Lipinski definition) is 1. The Morgan fingerprint density at radius 1 is 1.00 bits per heavy atom. The quantitative estimate of drug-likeness (QED) is 0.323. The highest BCUT2D eigenvalue weighted by Gasteiger charge is 2.21. The van der Waals surface area contributed by atoms with Crippen molar-refractivity contribution in [3.8, 4) is 11.5 Å². The molecule has 0 aliphatic carbocycles. The molecule has 174 valence electrons. The molecule has 0 fully saturated rings. The average molecular weight is 493 g/mol. The summed E-state index contributed by atoms with van der Waals surface area (Å²) in [5.41, 5.74) is 3.23. The number of thioether (sulfide) groups is 1. The van der Waals surface area contributed by atoms with E-state index in [1.54, 1.807) is 67.2 Å². The van der Waals surface area contributed by atoms with Gasteiger partial charge in [-0.25, -0.2) is 13.4 Å². The number of carbonyl (C=O) groups excluding carboxylic acids is 1. The Morgan fingerprint density at radius 2 is 1.71 bits per heavy atom. The Bertz CT molecular complexity index is 1420. The largest absolute Gasteiger partial charge is 0.441 e. The summed E-state index contributed by atoms with van der Waals surface area (Å²) in [5.74, 6) is 0.284. The molecule has 0 atom stereocenters. The Morgan fingerprint density at radius 3 is 2.38 bits per heavy atom. The van der Waals surface area contributed by atoms with Gasteiger partial charge in [0.25, 0.3) is 5.91 Å². The zero-order valence-electron chi connectivity index (χ0n) is 19.0. The third-order valence-electron chi connectivity index (χ3n) is 5.32. The molecule has 34 heavy (non-hydrogen) atoms. The molecule has 0 saturated carbocycles. The molecule has 1 amide bonds. The van der Waals surface area contributed by atoms with Crippen LogP contribution in [0.3, 0.4) is 0 Å². The molecule has 0 unspecified atom stereocenters. The first kappa shape index (κ1) is 23.8. The monoisotopic (exact) mass is 492 g/mol. The highest BCUT2D eigenvalue weighted by Crippen LogP contribution is 2.26. The molecule has 1 N–H and O–H groups in total. The SMILES string of the molecule is CSc1cccc(NC(=O)c2ccc(-c3nc(CS(=O)(=O)c4ccc(C)cc4)c(C)o3)cc2)c1. The number of oxazole rings is 1. The number of sulfone groups is 1. The number of hydrogen-bond acceptors (Lipinski definition) is 6. The van der Waals surface area contributed by atoms with Gasteiger partial charge in [0.2, 0.25) is 5.89 Å². The summed E-state index contributed by atoms with van der Waals surface area (Å²) < 4.78 is 31.3. The Labute approximate surface area is 203 Å². The second-order valence-corrected chi connectivity index (χ2v) is 10.7. The summed E-state index contributed by atoms with van der Waals surface area (Å²) in [6.07, 6.45) is 1.98. The van der Waals surface area contributed by atoms with E-state index in [-0.39, 0.29) is 16.6 Å². The molecule has 1 heterocycles. The highest BCUT2D eigenvalue weighted by molar-refractivity contribution is 7.98. The van der Waals surface area contributed by atoms with Crippen LogP contribution in [0.4, 0.5) is 5.69 Å². The summed E-state index contributed by atoms with van der Waals surface area (Å²) in [4.78, 5) is 18.3. The van der Waals surface area contributed by atoms with Crippen molar-refractivity contribution in [2.45, 2.75) is 29.4 Å². The molecular formula is C26H24N2O4S2. The van der Waals surface area contributed by atoms with Gasteiger partial charge in [0, 0.05) is 21.7 Å². The van der Waals surface area contributed by atoms with Crippen LogP contribution in [0, 0.1) is 13.8 Å². The minimum Gasteiger partial charge on any atom is -0.441 e. The smallest absolute Gasteiger partial charge is 0.255 e. The summed E-state index contributed by atoms with van der Waals surface area (Å²) in [6, 6.07) is 21.2. The van der Waals surface area contributed by atoms with Gasteiger partial charge >= 0.3 is 0 Å². The van der Waals surface area contributed by atoms with Gasteiger partial charge in [-0.3, -0.25) is 4.79 Å². The zero-order valence-corrected chi connectivity index (χ0v) is 20.7. The van der Waals surface area contributed by atoms with E-state index in [0.29, 0.717) is 28.5 Å². The number of amides is 1. The van der Waals surface area contributed by atoms with Gasteiger partial charge in [0.05, 0.1) is 10.6 Å². The van der Waals surface area contributed by atoms with E-state index in [9.17, 15) is 13.2 Å². The fourth-order valence-corrected chi connectivity index (χ4v) is 5.17. The number of aromatic nitrogens is 1. The van der Waals surface area contributed by atoms with Crippen LogP contribution in [0.1, 0.15) is 27.4 Å². The number of benzene rings is 3. The van der Waals surface area contributed by atoms with E-state index >= 15 is 0 Å². The van der Waals surface area contributed by atoms with Crippen molar-refractivity contribution < 1.29 is 17.6 Å². The maximum Gasteiger partial charge on any atom is 0.255 e. The van der Waals surface area contributed by atoms with Crippen molar-refractivity contribution in [1.29, 1.82) is 0 Å². The summed E-state index contributed by atoms with van der Waals surface area (Å²) >= 11 is 1.60. The van der Waals surface area contributed by atoms with Crippen LogP contribution in [0.5, 0.6) is 0 Å². The van der Waals surface area contributed by atoms with Crippen LogP contribution >= 0.6 is 11.8 Å². The molecule has 0 spiro atoms. The Hall–Kier alpha value is -3.36. The molecule has 1 aromatic heterocycles. The van der Waals surface area contributed by atoms with Crippen LogP contribution in [0.15, 0.2) is 87.0 Å². The molecule has 0 saturated heterocycles. The molecule has 4 rings (SSSR count). The zero-order chi connectivity index (χ0) is 24.3. The molecule has 0 bridgehead atoms. The van der Waals surface area contributed by atoms with E-state index in [2.05, 4.69) is 10.3 Å². The van der Waals surface area contributed by atoms with Crippen LogP contribution in [0.2, 0.25) is 0 Å². The van der Waals surface area contributed by atoms with E-state index in [1.807, 2.05) is 37.4 Å². The minimum atomic E-state index is -3.55. The van der Waals surface area contributed by atoms with Gasteiger partial charge in [-0.05, 0) is 74.7 Å². The molecule has 0 radical (unpaired) electrons. The van der Waals surface area contributed by atoms with Gasteiger partial charge in [-0.15, -0.1) is 11.8 Å². The third-order valence-corrected chi connectivity index (χ3v) is 7.69. The number of rotatable bonds is 7. The van der Waals surface area contributed by atoms with Crippen molar-refractivity contribution in [1.82, 2.24) is 4.98 Å². The highest BCUT2D eigenvalue weighted by atomic mass is 32.2. The minimum absolute atomic E-state index is 0.224. The molecule has 0 aliphatic rings. The number of aryl methyl sites for hydroxylation is 2. The van der Waals surface area contributed by atoms with Crippen LogP contribution in [0.25, 0.3) is 11.5 Å². The van der Waals surface area contributed by atoms with E-state index in [4.69, 9.17) is 4.42 Å². The van der Waals surface area contributed by atoms with Crippen molar-refractivity contribution >= 4 is 33.2 Å². The lowest BCUT2D eigenvalue weighted by Crippen LogP contribution is -2.11. The third kappa shape index (κ3) is 5.40. The topological polar surface area (TPSA) is 89.3 Å². The average Bonchev–Trinajstić information content (AvgIpc) is 3.19. The summed E-state index contributed by atoms with van der Waals surface area (Å²) in [5, 5.41) is 2.89. The van der Waals surface area contributed by atoms with Crippen LogP contribution < -0.4 is 5.32 Å². The predicted octanol–water partition coefficient (Wildman–Crippen LogP) is 5.91. The molecule has 4 aromatic rings. The number of carbonyl (C=O) groups is 1. The van der Waals surface area contributed by atoms with E-state index < -0.39 is 9.84 Å².